The molecular weight excluding hydrogens is 513 g/mol. The van der Waals surface area contributed by atoms with E-state index in [0.717, 1.165) is 28.2 Å². The summed E-state index contributed by atoms with van der Waals surface area (Å²) < 4.78 is 28.2. The van der Waals surface area contributed by atoms with Crippen molar-refractivity contribution in [3.63, 3.8) is 0 Å². The average Bonchev–Trinajstić information content (AvgIpc) is 3.26. The van der Waals surface area contributed by atoms with Crippen LogP contribution in [0.1, 0.15) is 23.2 Å². The van der Waals surface area contributed by atoms with Crippen LogP contribution in [0.25, 0.3) is 10.9 Å². The largest absolute Gasteiger partial charge is 0.316 e. The van der Waals surface area contributed by atoms with Gasteiger partial charge in [0, 0.05) is 23.6 Å². The number of benzene rings is 2. The Balaban J connectivity index is 1.73. The molecule has 1 aliphatic rings. The number of sulfonamides is 1. The maximum Gasteiger partial charge on any atom is 0.257 e. The van der Waals surface area contributed by atoms with Crippen LogP contribution in [0.3, 0.4) is 0 Å². The van der Waals surface area contributed by atoms with E-state index in [0.29, 0.717) is 18.8 Å². The molecule has 0 saturated carbocycles. The molecule has 3 aromatic rings. The zero-order chi connectivity index (χ0) is 21.5. The Morgan fingerprint density at radius 3 is 2.57 bits per heavy atom. The van der Waals surface area contributed by atoms with Crippen LogP contribution in [0, 0.1) is 0 Å². The predicted octanol–water partition coefficient (Wildman–Crippen LogP) is 4.76. The van der Waals surface area contributed by atoms with Gasteiger partial charge in [-0.2, -0.15) is 4.31 Å². The van der Waals surface area contributed by atoms with Crippen molar-refractivity contribution in [2.45, 2.75) is 17.7 Å². The van der Waals surface area contributed by atoms with Gasteiger partial charge in [0.05, 0.1) is 21.0 Å². The molecule has 0 unspecified atom stereocenters. The lowest BCUT2D eigenvalue weighted by molar-refractivity contribution is -0.344. The van der Waals surface area contributed by atoms with Crippen LogP contribution in [-0.4, -0.2) is 31.7 Å². The first-order valence-electron chi connectivity index (χ1n) is 9.18. The summed E-state index contributed by atoms with van der Waals surface area (Å²) in [5, 5.41) is 3.76. The Labute approximate surface area is 192 Å². The fourth-order valence-corrected chi connectivity index (χ4v) is 6.26. The highest BCUT2D eigenvalue weighted by Crippen LogP contribution is 2.33. The first kappa shape index (κ1) is 21.5. The molecule has 1 fully saturated rings. The van der Waals surface area contributed by atoms with E-state index in [-0.39, 0.29) is 20.5 Å². The molecule has 1 saturated heterocycles. The number of fused-ring (bicyclic) bond motifs is 1. The number of pyridine rings is 1. The smallest absolute Gasteiger partial charge is 0.257 e. The van der Waals surface area contributed by atoms with Crippen LogP contribution >= 0.6 is 39.1 Å². The molecule has 156 valence electrons. The number of carbonyl (C=O) groups excluding carboxylic acids is 1. The summed E-state index contributed by atoms with van der Waals surface area (Å²) in [6.45, 7) is 0.868. The van der Waals surface area contributed by atoms with Crippen molar-refractivity contribution < 1.29 is 18.2 Å². The van der Waals surface area contributed by atoms with Crippen molar-refractivity contribution in [2.75, 3.05) is 18.4 Å². The van der Waals surface area contributed by atoms with Gasteiger partial charge in [0.1, 0.15) is 10.6 Å². The summed E-state index contributed by atoms with van der Waals surface area (Å²) in [5.74, 6) is -0.532. The lowest BCUT2D eigenvalue weighted by Gasteiger charge is -2.17. The number of rotatable bonds is 4. The fraction of sp³-hybridized carbons (Fsp3) is 0.200. The molecule has 0 bridgehead atoms. The van der Waals surface area contributed by atoms with Gasteiger partial charge in [0.25, 0.3) is 5.91 Å². The number of aromatic amines is 1. The minimum atomic E-state index is -3.80. The molecule has 1 aliphatic heterocycles. The molecule has 2 aromatic carbocycles. The number of H-pyrrole nitrogens is 1. The number of nitrogens with zero attached hydrogens (tertiary/aromatic N) is 1. The van der Waals surface area contributed by atoms with Gasteiger partial charge in [-0.05, 0) is 59.1 Å². The first-order valence-corrected chi connectivity index (χ1v) is 12.2. The molecule has 0 atom stereocenters. The molecule has 0 aliphatic carbocycles. The molecule has 2 heterocycles. The number of amides is 1. The topological polar surface area (TPSA) is 80.6 Å². The number of carbonyl (C=O) groups is 1. The van der Waals surface area contributed by atoms with Gasteiger partial charge in [-0.3, -0.25) is 4.79 Å². The van der Waals surface area contributed by atoms with Gasteiger partial charge in [-0.15, -0.1) is 0 Å². The zero-order valence-electron chi connectivity index (χ0n) is 15.6. The third-order valence-electron chi connectivity index (χ3n) is 4.98. The first-order chi connectivity index (χ1) is 14.3. The van der Waals surface area contributed by atoms with Crippen LogP contribution in [0.4, 0.5) is 5.69 Å². The highest BCUT2D eigenvalue weighted by molar-refractivity contribution is 9.10. The van der Waals surface area contributed by atoms with Crippen LogP contribution < -0.4 is 10.3 Å². The Morgan fingerprint density at radius 1 is 1.10 bits per heavy atom. The van der Waals surface area contributed by atoms with Crippen LogP contribution in [0.15, 0.2) is 52.0 Å². The molecule has 0 spiro atoms. The van der Waals surface area contributed by atoms with Gasteiger partial charge in [-0.1, -0.05) is 23.2 Å². The van der Waals surface area contributed by atoms with Crippen molar-refractivity contribution in [3.05, 3.63) is 62.7 Å². The second-order valence-electron chi connectivity index (χ2n) is 6.88. The Morgan fingerprint density at radius 2 is 1.83 bits per heavy atom. The van der Waals surface area contributed by atoms with E-state index in [2.05, 4.69) is 26.2 Å². The van der Waals surface area contributed by atoms with E-state index >= 15 is 0 Å². The lowest BCUT2D eigenvalue weighted by atomic mass is 10.1. The summed E-state index contributed by atoms with van der Waals surface area (Å²) in [6.07, 6.45) is 3.34. The number of hydrogen-bond acceptors (Lipinski definition) is 3. The quantitative estimate of drug-likeness (QED) is 0.529. The predicted molar refractivity (Wildman–Crippen MR) is 121 cm³/mol. The maximum atomic E-state index is 13.0. The number of hydrogen-bond donors (Lipinski definition) is 1. The lowest BCUT2D eigenvalue weighted by Crippen LogP contribution is -2.28. The van der Waals surface area contributed by atoms with Crippen LogP contribution in [-0.2, 0) is 10.0 Å². The average molecular weight is 530 g/mol. The number of aromatic nitrogens is 1. The molecule has 6 nitrogen and oxygen atoms in total. The van der Waals surface area contributed by atoms with Gasteiger partial charge < -0.3 is 5.32 Å². The molecule has 30 heavy (non-hydrogen) atoms. The van der Waals surface area contributed by atoms with E-state index in [9.17, 15) is 13.2 Å². The van der Waals surface area contributed by atoms with Gasteiger partial charge in [0.15, 0.2) is 6.20 Å². The second-order valence-corrected chi connectivity index (χ2v) is 10.5. The van der Waals surface area contributed by atoms with Crippen molar-refractivity contribution in [1.29, 1.82) is 0 Å². The highest BCUT2D eigenvalue weighted by Gasteiger charge is 2.31. The second kappa shape index (κ2) is 8.43. The summed E-state index contributed by atoms with van der Waals surface area (Å²) in [5.41, 5.74) is 1.29. The van der Waals surface area contributed by atoms with E-state index in [1.807, 2.05) is 18.2 Å². The van der Waals surface area contributed by atoms with Crippen LogP contribution in [0.5, 0.6) is 0 Å². The summed E-state index contributed by atoms with van der Waals surface area (Å²) in [7, 11) is -3.80. The van der Waals surface area contributed by atoms with Gasteiger partial charge in [0.2, 0.25) is 15.5 Å². The fourth-order valence-electron chi connectivity index (χ4n) is 3.45. The van der Waals surface area contributed by atoms with Crippen LogP contribution in [0.2, 0.25) is 10.0 Å². The monoisotopic (exact) mass is 528 g/mol. The van der Waals surface area contributed by atoms with E-state index < -0.39 is 15.9 Å². The molecule has 10 heteroatoms. The van der Waals surface area contributed by atoms with Gasteiger partial charge >= 0.3 is 0 Å². The van der Waals surface area contributed by atoms with Crippen molar-refractivity contribution in [2.24, 2.45) is 0 Å². The minimum Gasteiger partial charge on any atom is -0.316 e. The molecule has 2 N–H and O–H groups in total. The molecule has 0 radical (unpaired) electrons. The highest BCUT2D eigenvalue weighted by atomic mass is 79.9. The van der Waals surface area contributed by atoms with E-state index in [1.165, 1.54) is 16.4 Å². The normalized spacial score (nSPS) is 14.9. The Bertz CT molecular complexity index is 1260. The summed E-state index contributed by atoms with van der Waals surface area (Å²) >= 11 is 15.9. The SMILES string of the molecule is O=C(Nc1ccc(Br)c2ccc[nH+]c12)c1cc(S(=O)(=O)N2CCCC2)c(Cl)cc1Cl. The number of anilines is 1. The zero-order valence-corrected chi connectivity index (χ0v) is 19.5. The minimum absolute atomic E-state index is 0.00845. The standard InChI is InChI=1S/C20H16BrCl2N3O3S/c21-14-5-6-17(19-12(14)4-3-7-24-19)25-20(27)13-10-18(16(23)11-15(13)22)30(28,29)26-8-1-2-9-26/h3-7,10-11H,1-2,8-9H2,(H,25,27)/p+1. The Hall–Kier alpha value is -1.71. The summed E-state index contributed by atoms with van der Waals surface area (Å²) in [6, 6.07) is 9.86. The molecule has 1 aromatic heterocycles. The van der Waals surface area contributed by atoms with Crippen molar-refractivity contribution in [1.82, 2.24) is 4.31 Å². The van der Waals surface area contributed by atoms with E-state index in [4.69, 9.17) is 23.2 Å². The third-order valence-corrected chi connectivity index (χ3v) is 8.34. The number of nitrogens with one attached hydrogen (secondary N) is 2. The summed E-state index contributed by atoms with van der Waals surface area (Å²) in [4.78, 5) is 16.0. The van der Waals surface area contributed by atoms with Crippen molar-refractivity contribution >= 4 is 71.7 Å². The third kappa shape index (κ3) is 3.94. The molecule has 1 amide bonds. The van der Waals surface area contributed by atoms with Gasteiger partial charge in [-0.25, -0.2) is 13.4 Å². The molecular formula is C20H17BrCl2N3O3S+. The molecule has 4 rings (SSSR count). The van der Waals surface area contributed by atoms with Crippen molar-refractivity contribution in [3.8, 4) is 0 Å². The van der Waals surface area contributed by atoms with E-state index in [1.54, 1.807) is 12.3 Å². The maximum absolute atomic E-state index is 13.0. The number of halogens is 3. The Kier molecular flexibility index (Phi) is 6.05.